The van der Waals surface area contributed by atoms with Gasteiger partial charge in [0, 0.05) is 34.7 Å². The van der Waals surface area contributed by atoms with Crippen LogP contribution in [-0.4, -0.2) is 25.8 Å². The molecule has 0 radical (unpaired) electrons. The summed E-state index contributed by atoms with van der Waals surface area (Å²) in [5, 5.41) is 0.187. The predicted molar refractivity (Wildman–Crippen MR) is 94.3 cm³/mol. The number of halogens is 2. The van der Waals surface area contributed by atoms with Crippen LogP contribution in [0.5, 0.6) is 0 Å². The zero-order chi connectivity index (χ0) is 18.3. The smallest absolute Gasteiger partial charge is 0.260 e. The van der Waals surface area contributed by atoms with Gasteiger partial charge in [-0.05, 0) is 30.7 Å². The molecule has 1 amide bonds. The van der Waals surface area contributed by atoms with Crippen LogP contribution in [0.25, 0.3) is 11.6 Å². The summed E-state index contributed by atoms with van der Waals surface area (Å²) in [6.07, 6.45) is 5.22. The van der Waals surface area contributed by atoms with Gasteiger partial charge in [0.1, 0.15) is 11.6 Å². The number of carbonyl (C=O) groups is 1. The quantitative estimate of drug-likeness (QED) is 0.701. The number of hydrogen-bond acceptors (Lipinski definition) is 5. The largest absolute Gasteiger partial charge is 0.285 e. The summed E-state index contributed by atoms with van der Waals surface area (Å²) in [5.74, 6) is 0.176. The van der Waals surface area contributed by atoms with Gasteiger partial charge in [0.15, 0.2) is 11.6 Å². The number of benzene rings is 1. The third-order valence-corrected chi connectivity index (χ3v) is 4.45. The van der Waals surface area contributed by atoms with Crippen LogP contribution in [0.4, 0.5) is 10.2 Å². The van der Waals surface area contributed by atoms with Gasteiger partial charge in [0.25, 0.3) is 5.91 Å². The van der Waals surface area contributed by atoms with Gasteiger partial charge in [0.2, 0.25) is 0 Å². The molecular formula is C18H13ClFN5O. The zero-order valence-corrected chi connectivity index (χ0v) is 14.5. The molecule has 1 atom stereocenters. The Labute approximate surface area is 153 Å². The molecule has 0 saturated carbocycles. The summed E-state index contributed by atoms with van der Waals surface area (Å²) in [5.41, 5.74) is 0.607. The second-order valence-corrected chi connectivity index (χ2v) is 6.20. The van der Waals surface area contributed by atoms with Crippen LogP contribution in [0.3, 0.4) is 0 Å². The van der Waals surface area contributed by atoms with Crippen LogP contribution in [0, 0.1) is 5.82 Å². The molecule has 0 bridgehead atoms. The van der Waals surface area contributed by atoms with E-state index in [2.05, 4.69) is 19.9 Å². The lowest BCUT2D eigenvalue weighted by molar-refractivity contribution is 0.0990. The summed E-state index contributed by atoms with van der Waals surface area (Å²) < 4.78 is 14.5. The van der Waals surface area contributed by atoms with E-state index in [0.717, 1.165) is 0 Å². The lowest BCUT2D eigenvalue weighted by Gasteiger charge is -2.23. The van der Waals surface area contributed by atoms with E-state index < -0.39 is 11.9 Å². The van der Waals surface area contributed by atoms with Gasteiger partial charge >= 0.3 is 0 Å². The van der Waals surface area contributed by atoms with E-state index in [1.54, 1.807) is 24.5 Å². The van der Waals surface area contributed by atoms with Gasteiger partial charge in [-0.2, -0.15) is 0 Å². The van der Waals surface area contributed by atoms with Crippen molar-refractivity contribution in [1.29, 1.82) is 0 Å². The SMILES string of the molecule is CC[C@@H]1c2c(F)cc(Cl)cc2C(=O)N1c1ccnc(-c2ncccn2)n1. The van der Waals surface area contributed by atoms with Crippen molar-refractivity contribution in [2.24, 2.45) is 0 Å². The molecule has 0 saturated heterocycles. The molecule has 2 aromatic heterocycles. The zero-order valence-electron chi connectivity index (χ0n) is 13.7. The fourth-order valence-corrected chi connectivity index (χ4v) is 3.36. The minimum Gasteiger partial charge on any atom is -0.285 e. The normalized spacial score (nSPS) is 16.0. The minimum absolute atomic E-state index is 0.187. The summed E-state index contributed by atoms with van der Waals surface area (Å²) >= 11 is 5.93. The van der Waals surface area contributed by atoms with E-state index in [0.29, 0.717) is 29.5 Å². The maximum atomic E-state index is 14.5. The molecule has 0 aliphatic carbocycles. The Kier molecular flexibility index (Phi) is 4.08. The topological polar surface area (TPSA) is 71.9 Å². The van der Waals surface area contributed by atoms with E-state index >= 15 is 0 Å². The van der Waals surface area contributed by atoms with E-state index in [-0.39, 0.29) is 16.5 Å². The molecule has 3 heterocycles. The fourth-order valence-electron chi connectivity index (χ4n) is 3.16. The molecule has 130 valence electrons. The van der Waals surface area contributed by atoms with Gasteiger partial charge in [0.05, 0.1) is 6.04 Å². The molecule has 8 heteroatoms. The number of carbonyl (C=O) groups excluding carboxylic acids is 1. The van der Waals surface area contributed by atoms with Crippen molar-refractivity contribution in [2.75, 3.05) is 4.90 Å². The molecule has 26 heavy (non-hydrogen) atoms. The third-order valence-electron chi connectivity index (χ3n) is 4.23. The number of fused-ring (bicyclic) bond motifs is 1. The van der Waals surface area contributed by atoms with Gasteiger partial charge in [-0.3, -0.25) is 9.69 Å². The Balaban J connectivity index is 1.81. The van der Waals surface area contributed by atoms with E-state index in [4.69, 9.17) is 11.6 Å². The standard InChI is InChI=1S/C18H13ClFN5O/c1-2-13-15-11(8-10(19)9-12(15)20)18(26)25(13)14-4-7-23-17(24-14)16-21-5-3-6-22-16/h3-9,13H,2H2,1H3/t13-/m1/s1. The number of amides is 1. The Bertz CT molecular complexity index is 998. The molecule has 6 nitrogen and oxygen atoms in total. The van der Waals surface area contributed by atoms with Crippen LogP contribution in [0.15, 0.2) is 42.9 Å². The maximum absolute atomic E-state index is 14.5. The first kappa shape index (κ1) is 16.5. The maximum Gasteiger partial charge on any atom is 0.260 e. The van der Waals surface area contributed by atoms with Crippen molar-refractivity contribution in [1.82, 2.24) is 19.9 Å². The molecule has 0 fully saturated rings. The molecule has 0 spiro atoms. The van der Waals surface area contributed by atoms with E-state index in [1.165, 1.54) is 23.2 Å². The number of nitrogens with zero attached hydrogens (tertiary/aromatic N) is 5. The molecule has 1 aromatic carbocycles. The van der Waals surface area contributed by atoms with Crippen LogP contribution >= 0.6 is 11.6 Å². The monoisotopic (exact) mass is 369 g/mol. The van der Waals surface area contributed by atoms with Crippen LogP contribution in [0.1, 0.15) is 35.3 Å². The van der Waals surface area contributed by atoms with Crippen molar-refractivity contribution in [3.8, 4) is 11.6 Å². The first-order valence-corrected chi connectivity index (χ1v) is 8.41. The lowest BCUT2D eigenvalue weighted by Crippen LogP contribution is -2.28. The third kappa shape index (κ3) is 2.61. The second kappa shape index (κ2) is 6.42. The van der Waals surface area contributed by atoms with Crippen LogP contribution < -0.4 is 4.90 Å². The molecular weight excluding hydrogens is 357 g/mol. The first-order valence-electron chi connectivity index (χ1n) is 8.03. The van der Waals surface area contributed by atoms with Crippen molar-refractivity contribution < 1.29 is 9.18 Å². The van der Waals surface area contributed by atoms with E-state index in [9.17, 15) is 9.18 Å². The average Bonchev–Trinajstić information content (AvgIpc) is 2.95. The number of anilines is 1. The second-order valence-electron chi connectivity index (χ2n) is 5.76. The molecule has 0 unspecified atom stereocenters. The van der Waals surface area contributed by atoms with Crippen LogP contribution in [-0.2, 0) is 0 Å². The highest BCUT2D eigenvalue weighted by Crippen LogP contribution is 2.41. The van der Waals surface area contributed by atoms with Crippen molar-refractivity contribution >= 4 is 23.3 Å². The lowest BCUT2D eigenvalue weighted by atomic mass is 10.0. The van der Waals surface area contributed by atoms with Gasteiger partial charge in [-0.15, -0.1) is 0 Å². The average molecular weight is 370 g/mol. The van der Waals surface area contributed by atoms with Crippen LogP contribution in [0.2, 0.25) is 5.02 Å². The predicted octanol–water partition coefficient (Wildman–Crippen LogP) is 3.84. The molecule has 1 aliphatic rings. The Morgan fingerprint density at radius 3 is 2.62 bits per heavy atom. The van der Waals surface area contributed by atoms with Gasteiger partial charge in [-0.1, -0.05) is 18.5 Å². The molecule has 1 aliphatic heterocycles. The molecule has 0 N–H and O–H groups in total. The number of rotatable bonds is 3. The Morgan fingerprint density at radius 2 is 1.88 bits per heavy atom. The highest BCUT2D eigenvalue weighted by Gasteiger charge is 2.40. The summed E-state index contributed by atoms with van der Waals surface area (Å²) in [6, 6.07) is 5.55. The summed E-state index contributed by atoms with van der Waals surface area (Å²) in [4.78, 5) is 31.2. The molecule has 4 rings (SSSR count). The highest BCUT2D eigenvalue weighted by molar-refractivity contribution is 6.31. The minimum atomic E-state index is -0.490. The first-order chi connectivity index (χ1) is 12.6. The number of aromatic nitrogens is 4. The van der Waals surface area contributed by atoms with Gasteiger partial charge in [-0.25, -0.2) is 24.3 Å². The number of hydrogen-bond donors (Lipinski definition) is 0. The molecule has 3 aromatic rings. The summed E-state index contributed by atoms with van der Waals surface area (Å²) in [6.45, 7) is 1.89. The Hall–Kier alpha value is -2.93. The van der Waals surface area contributed by atoms with Crippen molar-refractivity contribution in [3.05, 3.63) is 64.8 Å². The van der Waals surface area contributed by atoms with E-state index in [1.807, 2.05) is 6.92 Å². The fraction of sp³-hybridized carbons (Fsp3) is 0.167. The van der Waals surface area contributed by atoms with Crippen molar-refractivity contribution in [2.45, 2.75) is 19.4 Å². The van der Waals surface area contributed by atoms with Gasteiger partial charge < -0.3 is 0 Å². The Morgan fingerprint density at radius 1 is 1.15 bits per heavy atom. The van der Waals surface area contributed by atoms with Crippen molar-refractivity contribution in [3.63, 3.8) is 0 Å². The summed E-state index contributed by atoms with van der Waals surface area (Å²) in [7, 11) is 0. The highest BCUT2D eigenvalue weighted by atomic mass is 35.5.